The highest BCUT2D eigenvalue weighted by molar-refractivity contribution is 5.98. The minimum absolute atomic E-state index is 0. The molecule has 2 aromatic carbocycles. The van der Waals surface area contributed by atoms with Gasteiger partial charge in [0.15, 0.2) is 23.5 Å². The number of carbonyl (C=O) groups is 1. The first kappa shape index (κ1) is 30.2. The Labute approximate surface area is 227 Å². The molecule has 0 aliphatic carbocycles. The molecule has 38 heavy (non-hydrogen) atoms. The van der Waals surface area contributed by atoms with E-state index in [1.54, 1.807) is 34.5 Å². The third kappa shape index (κ3) is 7.05. The van der Waals surface area contributed by atoms with Crippen LogP contribution in [-0.2, 0) is 4.79 Å². The fourth-order valence-electron chi connectivity index (χ4n) is 3.89. The van der Waals surface area contributed by atoms with Gasteiger partial charge in [0.1, 0.15) is 5.75 Å². The van der Waals surface area contributed by atoms with Gasteiger partial charge in [0.2, 0.25) is 5.75 Å². The van der Waals surface area contributed by atoms with Crippen molar-refractivity contribution in [2.75, 3.05) is 46.8 Å². The maximum absolute atomic E-state index is 12.8. The quantitative estimate of drug-likeness (QED) is 0.144. The molecule has 0 saturated carbocycles. The first-order chi connectivity index (χ1) is 17.8. The second-order valence-corrected chi connectivity index (χ2v) is 8.19. The highest BCUT2D eigenvalue weighted by Gasteiger charge is 2.23. The number of nitrogens with zero attached hydrogens (tertiary/aromatic N) is 3. The molecule has 13 heteroatoms. The summed E-state index contributed by atoms with van der Waals surface area (Å²) in [7, 11) is 6.21. The number of methoxy groups -OCH3 is 4. The molecule has 0 fully saturated rings. The number of aliphatic imine (C=N–C) groups is 1. The average molecular weight is 548 g/mol. The van der Waals surface area contributed by atoms with Crippen molar-refractivity contribution in [3.63, 3.8) is 0 Å². The number of nitrogens with two attached hydrogens (primary N) is 2. The van der Waals surface area contributed by atoms with Crippen LogP contribution in [0.4, 0.5) is 5.69 Å². The van der Waals surface area contributed by atoms with Crippen LogP contribution in [0.1, 0.15) is 24.0 Å². The molecule has 0 spiro atoms. The van der Waals surface area contributed by atoms with Crippen LogP contribution < -0.4 is 53.9 Å². The number of hydrogen-bond donors (Lipinski definition) is 4. The van der Waals surface area contributed by atoms with Gasteiger partial charge in [-0.1, -0.05) is 6.07 Å². The fourth-order valence-corrected chi connectivity index (χ4v) is 3.89. The molecule has 3 rings (SSSR count). The van der Waals surface area contributed by atoms with E-state index in [4.69, 9.17) is 30.4 Å². The number of quaternary nitrogens is 1. The van der Waals surface area contributed by atoms with E-state index < -0.39 is 6.04 Å². The van der Waals surface area contributed by atoms with Gasteiger partial charge in [-0.05, 0) is 36.2 Å². The maximum Gasteiger partial charge on any atom is 0.282 e. The van der Waals surface area contributed by atoms with Crippen molar-refractivity contribution in [1.29, 1.82) is 0 Å². The first-order valence-electron chi connectivity index (χ1n) is 11.6. The average Bonchev–Trinajstić information content (AvgIpc) is 3.40. The Morgan fingerprint density at radius 1 is 1.03 bits per heavy atom. The number of halogens is 1. The standard InChI is InChI=1S/C25H33N7O5.ClH/c1-34-19-8-7-14(10-18(19)31-24(33)17(26)6-5-9-29-25(27)28)16-13-30-32-22(16)15-11-20(35-2)23(37-4)21(12-15)36-3;/h7-8,10-12,17H,5-6,9,13,26H2,1-4H3,(H,31,33)(H4,27,28,29);1H. The summed E-state index contributed by atoms with van der Waals surface area (Å²) in [6.45, 7) is 0.805. The lowest BCUT2D eigenvalue weighted by atomic mass is 9.99. The lowest BCUT2D eigenvalue weighted by Crippen LogP contribution is -3.00. The number of ether oxygens (including phenoxy) is 4. The number of nitrogens with one attached hydrogen (secondary N) is 1. The predicted octanol–water partition coefficient (Wildman–Crippen LogP) is -1.34. The Morgan fingerprint density at radius 3 is 2.26 bits per heavy atom. The molecular formula is C25H34ClN7O5. The molecule has 0 radical (unpaired) electrons. The number of anilines is 1. The van der Waals surface area contributed by atoms with Crippen LogP contribution in [0.15, 0.2) is 45.6 Å². The molecule has 1 heterocycles. The molecule has 0 saturated heterocycles. The molecule has 0 aromatic heterocycles. The van der Waals surface area contributed by atoms with Gasteiger partial charge in [0.05, 0.1) is 46.4 Å². The summed E-state index contributed by atoms with van der Waals surface area (Å²) >= 11 is 0. The fraction of sp³-hybridized carbons (Fsp3) is 0.360. The highest BCUT2D eigenvalue weighted by Crippen LogP contribution is 2.43. The van der Waals surface area contributed by atoms with Gasteiger partial charge in [0.25, 0.3) is 5.91 Å². The summed E-state index contributed by atoms with van der Waals surface area (Å²) in [4.78, 5) is 16.8. The van der Waals surface area contributed by atoms with Gasteiger partial charge in [-0.2, -0.15) is 10.2 Å². The molecule has 1 unspecified atom stereocenters. The van der Waals surface area contributed by atoms with Gasteiger partial charge in [0, 0.05) is 24.1 Å². The van der Waals surface area contributed by atoms with Gasteiger partial charge >= 0.3 is 0 Å². The topological polar surface area (TPSA) is 183 Å². The van der Waals surface area contributed by atoms with Crippen LogP contribution in [0, 0.1) is 0 Å². The summed E-state index contributed by atoms with van der Waals surface area (Å²) in [6.07, 6.45) is 1.16. The third-order valence-corrected chi connectivity index (χ3v) is 5.81. The molecule has 1 aliphatic heterocycles. The highest BCUT2D eigenvalue weighted by atomic mass is 35.5. The van der Waals surface area contributed by atoms with Crippen molar-refractivity contribution in [2.45, 2.75) is 18.9 Å². The summed E-state index contributed by atoms with van der Waals surface area (Å²) in [5, 5.41) is 11.6. The van der Waals surface area contributed by atoms with E-state index in [0.717, 1.165) is 16.7 Å². The van der Waals surface area contributed by atoms with Crippen LogP contribution in [0.25, 0.3) is 11.3 Å². The first-order valence-corrected chi connectivity index (χ1v) is 11.6. The van der Waals surface area contributed by atoms with Crippen LogP contribution >= 0.6 is 0 Å². The molecule has 12 nitrogen and oxygen atoms in total. The van der Waals surface area contributed by atoms with Crippen molar-refractivity contribution in [3.8, 4) is 23.0 Å². The lowest BCUT2D eigenvalue weighted by Gasteiger charge is -2.16. The van der Waals surface area contributed by atoms with Crippen LogP contribution in [0.5, 0.6) is 23.0 Å². The summed E-state index contributed by atoms with van der Waals surface area (Å²) in [6, 6.07) is 8.68. The van der Waals surface area contributed by atoms with E-state index in [0.29, 0.717) is 60.3 Å². The zero-order chi connectivity index (χ0) is 26.9. The minimum Gasteiger partial charge on any atom is -1.00 e. The largest absolute Gasteiger partial charge is 1.00 e. The van der Waals surface area contributed by atoms with Gasteiger partial charge in [-0.3, -0.25) is 9.79 Å². The van der Waals surface area contributed by atoms with Crippen LogP contribution in [0.3, 0.4) is 0 Å². The SMILES string of the molecule is COc1ccc(C2=C(c3cc(OC)c(OC)c(OC)c3)N=NC2)cc1NC(=O)C([NH3+])CCCN=C(N)N.[Cl-]. The second-order valence-electron chi connectivity index (χ2n) is 8.19. The molecule has 8 N–H and O–H groups in total. The molecular weight excluding hydrogens is 514 g/mol. The summed E-state index contributed by atoms with van der Waals surface area (Å²) < 4.78 is 21.9. The second kappa shape index (κ2) is 14.1. The van der Waals surface area contributed by atoms with E-state index >= 15 is 0 Å². The Bertz CT molecular complexity index is 1200. The third-order valence-electron chi connectivity index (χ3n) is 5.81. The van der Waals surface area contributed by atoms with Crippen LogP contribution in [-0.4, -0.2) is 59.4 Å². The maximum atomic E-state index is 12.8. The molecule has 1 amide bonds. The Hall–Kier alpha value is -4.03. The number of carbonyl (C=O) groups excluding carboxylic acids is 1. The number of benzene rings is 2. The number of amides is 1. The molecule has 2 aromatic rings. The normalized spacial score (nSPS) is 12.9. The number of rotatable bonds is 12. The molecule has 1 atom stereocenters. The van der Waals surface area contributed by atoms with Crippen molar-refractivity contribution in [3.05, 3.63) is 41.5 Å². The summed E-state index contributed by atoms with van der Waals surface area (Å²) in [5.41, 5.74) is 18.3. The Morgan fingerprint density at radius 2 is 1.68 bits per heavy atom. The Balaban J connectivity index is 0.00000507. The number of azo groups is 1. The van der Waals surface area contributed by atoms with E-state index in [2.05, 4.69) is 26.3 Å². The predicted molar refractivity (Wildman–Crippen MR) is 141 cm³/mol. The zero-order valence-corrected chi connectivity index (χ0v) is 22.7. The van der Waals surface area contributed by atoms with Gasteiger partial charge < -0.3 is 53.9 Å². The zero-order valence-electron chi connectivity index (χ0n) is 21.9. The molecule has 0 bridgehead atoms. The van der Waals surface area contributed by atoms with Crippen molar-refractivity contribution >= 4 is 28.8 Å². The minimum atomic E-state index is -0.493. The molecule has 206 valence electrons. The number of guanidine groups is 1. The van der Waals surface area contributed by atoms with Gasteiger partial charge in [-0.15, -0.1) is 0 Å². The van der Waals surface area contributed by atoms with E-state index in [1.807, 2.05) is 24.3 Å². The van der Waals surface area contributed by atoms with Crippen LogP contribution in [0.2, 0.25) is 0 Å². The van der Waals surface area contributed by atoms with Crippen molar-refractivity contribution < 1.29 is 41.9 Å². The van der Waals surface area contributed by atoms with E-state index in [-0.39, 0.29) is 24.3 Å². The summed E-state index contributed by atoms with van der Waals surface area (Å²) in [5.74, 6) is 1.81. The number of hydrogen-bond acceptors (Lipinski definition) is 8. The van der Waals surface area contributed by atoms with Gasteiger partial charge in [-0.25, -0.2) is 0 Å². The van der Waals surface area contributed by atoms with Crippen molar-refractivity contribution in [1.82, 2.24) is 0 Å². The smallest absolute Gasteiger partial charge is 0.282 e. The van der Waals surface area contributed by atoms with Crippen molar-refractivity contribution in [2.24, 2.45) is 26.7 Å². The molecule has 1 aliphatic rings. The lowest BCUT2D eigenvalue weighted by molar-refractivity contribution is -0.403. The Kier molecular flexibility index (Phi) is 11.2. The monoisotopic (exact) mass is 547 g/mol. The van der Waals surface area contributed by atoms with E-state index in [9.17, 15) is 4.79 Å². The van der Waals surface area contributed by atoms with E-state index in [1.165, 1.54) is 0 Å².